The minimum absolute atomic E-state index is 0.275. The SMILES string of the molecule is CCc1cc2c(NCCc3ccc4c(c3)OCO4)nc(-c3ccc(C(=O)OC)cc3)nc2s1. The highest BCUT2D eigenvalue weighted by molar-refractivity contribution is 7.18. The van der Waals surface area contributed by atoms with Crippen molar-refractivity contribution < 1.29 is 19.0 Å². The number of hydrogen-bond donors (Lipinski definition) is 1. The largest absolute Gasteiger partial charge is 0.465 e. The van der Waals surface area contributed by atoms with Gasteiger partial charge in [0.1, 0.15) is 10.6 Å². The highest BCUT2D eigenvalue weighted by Crippen LogP contribution is 2.34. The maximum Gasteiger partial charge on any atom is 0.337 e. The van der Waals surface area contributed by atoms with Gasteiger partial charge in [0.15, 0.2) is 17.3 Å². The molecule has 8 heteroatoms. The number of hydrogen-bond acceptors (Lipinski definition) is 8. The number of nitrogens with zero attached hydrogens (tertiary/aromatic N) is 2. The first kappa shape index (κ1) is 21.2. The third-order valence-electron chi connectivity index (χ3n) is 5.50. The molecule has 7 nitrogen and oxygen atoms in total. The van der Waals surface area contributed by atoms with Crippen LogP contribution in [0.15, 0.2) is 48.5 Å². The van der Waals surface area contributed by atoms with Crippen LogP contribution in [0.2, 0.25) is 0 Å². The second-order valence-corrected chi connectivity index (χ2v) is 8.73. The van der Waals surface area contributed by atoms with Crippen molar-refractivity contribution in [3.63, 3.8) is 0 Å². The van der Waals surface area contributed by atoms with E-state index in [1.54, 1.807) is 23.5 Å². The van der Waals surface area contributed by atoms with Gasteiger partial charge in [-0.3, -0.25) is 0 Å². The van der Waals surface area contributed by atoms with E-state index in [4.69, 9.17) is 24.2 Å². The lowest BCUT2D eigenvalue weighted by Crippen LogP contribution is -2.08. The fourth-order valence-electron chi connectivity index (χ4n) is 3.70. The van der Waals surface area contributed by atoms with Crippen LogP contribution in [-0.4, -0.2) is 36.4 Å². The van der Waals surface area contributed by atoms with Crippen LogP contribution in [0.1, 0.15) is 27.7 Å². The molecule has 0 atom stereocenters. The third-order valence-corrected chi connectivity index (χ3v) is 6.67. The van der Waals surface area contributed by atoms with Crippen molar-refractivity contribution >= 4 is 33.3 Å². The van der Waals surface area contributed by atoms with Crippen LogP contribution in [0.3, 0.4) is 0 Å². The molecule has 0 spiro atoms. The maximum atomic E-state index is 11.7. The number of aryl methyl sites for hydroxylation is 1. The van der Waals surface area contributed by atoms with Crippen molar-refractivity contribution in [2.24, 2.45) is 0 Å². The minimum Gasteiger partial charge on any atom is -0.465 e. The fourth-order valence-corrected chi connectivity index (χ4v) is 4.67. The van der Waals surface area contributed by atoms with Crippen LogP contribution in [0, 0.1) is 0 Å². The predicted octanol–water partition coefficient (Wildman–Crippen LogP) is 5.09. The van der Waals surface area contributed by atoms with E-state index in [2.05, 4.69) is 24.4 Å². The summed E-state index contributed by atoms with van der Waals surface area (Å²) in [6, 6.07) is 15.3. The zero-order valence-corrected chi connectivity index (χ0v) is 19.2. The number of fused-ring (bicyclic) bond motifs is 2. The van der Waals surface area contributed by atoms with E-state index in [0.717, 1.165) is 51.5 Å². The van der Waals surface area contributed by atoms with Crippen LogP contribution in [0.5, 0.6) is 11.5 Å². The molecule has 1 aliphatic heterocycles. The molecular formula is C25H23N3O4S. The van der Waals surface area contributed by atoms with Gasteiger partial charge in [0.25, 0.3) is 0 Å². The first-order valence-corrected chi connectivity index (χ1v) is 11.6. The van der Waals surface area contributed by atoms with Gasteiger partial charge in [0, 0.05) is 17.0 Å². The van der Waals surface area contributed by atoms with Crippen molar-refractivity contribution in [1.82, 2.24) is 9.97 Å². The van der Waals surface area contributed by atoms with Crippen molar-refractivity contribution in [2.45, 2.75) is 19.8 Å². The molecule has 0 aliphatic carbocycles. The van der Waals surface area contributed by atoms with E-state index in [1.165, 1.54) is 12.0 Å². The summed E-state index contributed by atoms with van der Waals surface area (Å²) in [7, 11) is 1.37. The zero-order valence-electron chi connectivity index (χ0n) is 18.4. The Morgan fingerprint density at radius 3 is 2.70 bits per heavy atom. The summed E-state index contributed by atoms with van der Waals surface area (Å²) in [5.74, 6) is 2.64. The summed E-state index contributed by atoms with van der Waals surface area (Å²) < 4.78 is 15.7. The van der Waals surface area contributed by atoms with Crippen LogP contribution in [0.4, 0.5) is 5.82 Å². The lowest BCUT2D eigenvalue weighted by Gasteiger charge is -2.10. The highest BCUT2D eigenvalue weighted by Gasteiger charge is 2.15. The van der Waals surface area contributed by atoms with Crippen LogP contribution in [0.25, 0.3) is 21.6 Å². The number of anilines is 1. The average Bonchev–Trinajstić information content (AvgIpc) is 3.50. The number of nitrogens with one attached hydrogen (secondary N) is 1. The Balaban J connectivity index is 1.40. The van der Waals surface area contributed by atoms with E-state index in [9.17, 15) is 4.79 Å². The summed E-state index contributed by atoms with van der Waals surface area (Å²) in [5, 5.41) is 4.52. The second-order valence-electron chi connectivity index (χ2n) is 7.61. The molecular weight excluding hydrogens is 438 g/mol. The summed E-state index contributed by atoms with van der Waals surface area (Å²) >= 11 is 1.68. The monoisotopic (exact) mass is 461 g/mol. The molecule has 168 valence electrons. The minimum atomic E-state index is -0.366. The topological polar surface area (TPSA) is 82.6 Å². The van der Waals surface area contributed by atoms with Crippen molar-refractivity contribution in [1.29, 1.82) is 0 Å². The molecule has 4 aromatic rings. The lowest BCUT2D eigenvalue weighted by atomic mass is 10.1. The molecule has 33 heavy (non-hydrogen) atoms. The molecule has 0 bridgehead atoms. The Bertz CT molecular complexity index is 1320. The Morgan fingerprint density at radius 2 is 1.91 bits per heavy atom. The van der Waals surface area contributed by atoms with Gasteiger partial charge in [0.05, 0.1) is 18.1 Å². The number of benzene rings is 2. The van der Waals surface area contributed by atoms with Gasteiger partial charge < -0.3 is 19.5 Å². The molecule has 0 saturated carbocycles. The Kier molecular flexibility index (Phi) is 5.83. The molecule has 0 amide bonds. The summed E-state index contributed by atoms with van der Waals surface area (Å²) in [5.41, 5.74) is 2.50. The van der Waals surface area contributed by atoms with Crippen molar-refractivity contribution in [3.8, 4) is 22.9 Å². The first-order valence-electron chi connectivity index (χ1n) is 10.8. The Morgan fingerprint density at radius 1 is 1.09 bits per heavy atom. The maximum absolute atomic E-state index is 11.7. The summed E-state index contributed by atoms with van der Waals surface area (Å²) in [6.45, 7) is 3.12. The number of carbonyl (C=O) groups is 1. The van der Waals surface area contributed by atoms with E-state index < -0.39 is 0 Å². The molecule has 3 heterocycles. The molecule has 0 saturated heterocycles. The van der Waals surface area contributed by atoms with E-state index in [0.29, 0.717) is 17.9 Å². The number of aromatic nitrogens is 2. The molecule has 0 unspecified atom stereocenters. The number of carbonyl (C=O) groups excluding carboxylic acids is 1. The molecule has 1 aliphatic rings. The standard InChI is InChI=1S/C25H23N3O4S/c1-3-18-13-19-23(26-11-10-15-4-9-20-21(12-15)32-14-31-20)27-22(28-24(19)33-18)16-5-7-17(8-6-16)25(29)30-2/h4-9,12-13H,3,10-11,14H2,1-2H3,(H,26,27,28). The molecule has 2 aromatic carbocycles. The number of rotatable bonds is 7. The molecule has 2 aromatic heterocycles. The van der Waals surface area contributed by atoms with Gasteiger partial charge in [-0.2, -0.15) is 0 Å². The van der Waals surface area contributed by atoms with Crippen molar-refractivity contribution in [2.75, 3.05) is 25.8 Å². The van der Waals surface area contributed by atoms with E-state index in [1.807, 2.05) is 24.3 Å². The van der Waals surface area contributed by atoms with E-state index >= 15 is 0 Å². The molecule has 0 radical (unpaired) electrons. The van der Waals surface area contributed by atoms with Crippen LogP contribution >= 0.6 is 11.3 Å². The number of methoxy groups -OCH3 is 1. The molecule has 5 rings (SSSR count). The van der Waals surface area contributed by atoms with Gasteiger partial charge >= 0.3 is 5.97 Å². The van der Waals surface area contributed by atoms with Crippen molar-refractivity contribution in [3.05, 3.63) is 64.5 Å². The first-order chi connectivity index (χ1) is 16.1. The zero-order chi connectivity index (χ0) is 22.8. The summed E-state index contributed by atoms with van der Waals surface area (Å²) in [6.07, 6.45) is 1.76. The quantitative estimate of drug-likeness (QED) is 0.384. The fraction of sp³-hybridized carbons (Fsp3) is 0.240. The van der Waals surface area contributed by atoms with Gasteiger partial charge in [-0.15, -0.1) is 11.3 Å². The third kappa shape index (κ3) is 4.34. The van der Waals surface area contributed by atoms with Crippen LogP contribution < -0.4 is 14.8 Å². The van der Waals surface area contributed by atoms with E-state index in [-0.39, 0.29) is 12.8 Å². The highest BCUT2D eigenvalue weighted by atomic mass is 32.1. The lowest BCUT2D eigenvalue weighted by molar-refractivity contribution is 0.0600. The average molecular weight is 462 g/mol. The number of esters is 1. The number of thiophene rings is 1. The van der Waals surface area contributed by atoms with Gasteiger partial charge in [0.2, 0.25) is 6.79 Å². The summed E-state index contributed by atoms with van der Waals surface area (Å²) in [4.78, 5) is 23.6. The van der Waals surface area contributed by atoms with Gasteiger partial charge in [-0.1, -0.05) is 25.1 Å². The Hall–Kier alpha value is -3.65. The predicted molar refractivity (Wildman–Crippen MR) is 128 cm³/mol. The molecule has 1 N–H and O–H groups in total. The number of ether oxygens (including phenoxy) is 3. The Labute approximate surface area is 195 Å². The molecule has 0 fully saturated rings. The van der Waals surface area contributed by atoms with Gasteiger partial charge in [-0.05, 0) is 48.7 Å². The normalized spacial score (nSPS) is 12.2. The van der Waals surface area contributed by atoms with Crippen LogP contribution in [-0.2, 0) is 17.6 Å². The second kappa shape index (κ2) is 9.07. The van der Waals surface area contributed by atoms with Gasteiger partial charge in [-0.25, -0.2) is 14.8 Å². The smallest absolute Gasteiger partial charge is 0.337 e.